The molecule has 1 aromatic carbocycles. The molecule has 1 aliphatic carbocycles. The summed E-state index contributed by atoms with van der Waals surface area (Å²) in [6, 6.07) is 8.97. The molecule has 0 amide bonds. The molecular weight excluding hydrogens is 612 g/mol. The Kier molecular flexibility index (Phi) is 15.9. The molecule has 2 saturated heterocycles. The van der Waals surface area contributed by atoms with Gasteiger partial charge in [0.05, 0.1) is 13.7 Å². The predicted octanol–water partition coefficient (Wildman–Crippen LogP) is 7.98. The quantitative estimate of drug-likeness (QED) is 0.0478. The molecule has 9 heteroatoms. The van der Waals surface area contributed by atoms with Gasteiger partial charge in [-0.25, -0.2) is 4.79 Å². The fraction of sp³-hybridized carbons (Fsp3) is 0.667. The van der Waals surface area contributed by atoms with Crippen molar-refractivity contribution in [1.29, 1.82) is 0 Å². The summed E-state index contributed by atoms with van der Waals surface area (Å²) in [5.74, 6) is -4.51. The van der Waals surface area contributed by atoms with E-state index < -0.39 is 30.1 Å². The van der Waals surface area contributed by atoms with E-state index in [1.807, 2.05) is 24.3 Å². The minimum Gasteiger partial charge on any atom is -0.464 e. The average Bonchev–Trinajstić information content (AvgIpc) is 3.47. The molecule has 2 aliphatic heterocycles. The zero-order chi connectivity index (χ0) is 34.1. The highest BCUT2D eigenvalue weighted by Gasteiger charge is 2.66. The van der Waals surface area contributed by atoms with Crippen molar-refractivity contribution in [3.8, 4) is 5.75 Å². The normalized spacial score (nSPS) is 25.5. The summed E-state index contributed by atoms with van der Waals surface area (Å²) >= 11 is 0. The minimum absolute atomic E-state index is 0.144. The lowest BCUT2D eigenvalue weighted by molar-refractivity contribution is -0.417. The van der Waals surface area contributed by atoms with E-state index in [1.54, 1.807) is 18.2 Å². The Labute approximate surface area is 287 Å². The number of ketones is 1. The lowest BCUT2D eigenvalue weighted by Crippen LogP contribution is -2.68. The van der Waals surface area contributed by atoms with E-state index in [1.165, 1.54) is 7.11 Å². The summed E-state index contributed by atoms with van der Waals surface area (Å²) < 4.78 is 44.4. The topological polar surface area (TPSA) is 98.8 Å². The third kappa shape index (κ3) is 10.4. The minimum atomic E-state index is -2.27. The van der Waals surface area contributed by atoms with Gasteiger partial charge in [0.2, 0.25) is 0 Å². The van der Waals surface area contributed by atoms with Crippen LogP contribution in [0.4, 0.5) is 0 Å². The molecule has 9 nitrogen and oxygen atoms in total. The van der Waals surface area contributed by atoms with Gasteiger partial charge in [0.1, 0.15) is 11.5 Å². The Morgan fingerprint density at radius 3 is 2.27 bits per heavy atom. The van der Waals surface area contributed by atoms with Crippen LogP contribution in [-0.2, 0) is 38.0 Å². The summed E-state index contributed by atoms with van der Waals surface area (Å²) in [6.45, 7) is 5.40. The van der Waals surface area contributed by atoms with Crippen molar-refractivity contribution in [2.45, 2.75) is 128 Å². The van der Waals surface area contributed by atoms with Gasteiger partial charge in [-0.15, -0.1) is 5.73 Å². The first-order chi connectivity index (χ1) is 23.5. The summed E-state index contributed by atoms with van der Waals surface area (Å²) in [6.07, 6.45) is 17.4. The van der Waals surface area contributed by atoms with Crippen molar-refractivity contribution in [3.63, 3.8) is 0 Å². The Morgan fingerprint density at radius 1 is 0.958 bits per heavy atom. The van der Waals surface area contributed by atoms with Crippen molar-refractivity contribution in [3.05, 3.63) is 60.4 Å². The molecule has 0 aromatic heterocycles. The number of allylic oxidation sites excluding steroid dienone is 2. The van der Waals surface area contributed by atoms with Crippen LogP contribution in [0.3, 0.4) is 0 Å². The monoisotopic (exact) mass is 668 g/mol. The zero-order valence-electron chi connectivity index (χ0n) is 29.2. The molecule has 48 heavy (non-hydrogen) atoms. The van der Waals surface area contributed by atoms with Crippen LogP contribution in [-0.4, -0.2) is 62.8 Å². The molecule has 2 heterocycles. The zero-order valence-corrected chi connectivity index (χ0v) is 29.2. The number of methoxy groups -OCH3 is 1. The number of carbonyl (C=O) groups excluding carboxylic acids is 2. The number of Topliss-reactive ketones (excluding diaryl/α,β-unsaturated/α-hetero) is 1. The van der Waals surface area contributed by atoms with Gasteiger partial charge in [0.15, 0.2) is 12.6 Å². The second-order valence-electron chi connectivity index (χ2n) is 12.8. The molecule has 3 fully saturated rings. The molecule has 1 saturated carbocycles. The second kappa shape index (κ2) is 20.0. The molecule has 0 N–H and O–H groups in total. The van der Waals surface area contributed by atoms with Gasteiger partial charge < -0.3 is 33.2 Å². The maximum Gasteiger partial charge on any atom is 0.386 e. The summed E-state index contributed by atoms with van der Waals surface area (Å²) in [5.41, 5.74) is 3.26. The number of esters is 1. The number of carbonyl (C=O) groups is 2. The lowest BCUT2D eigenvalue weighted by Gasteiger charge is -2.47. The van der Waals surface area contributed by atoms with Crippen molar-refractivity contribution >= 4 is 11.8 Å². The van der Waals surface area contributed by atoms with E-state index in [0.29, 0.717) is 51.1 Å². The van der Waals surface area contributed by atoms with Crippen LogP contribution < -0.4 is 4.74 Å². The van der Waals surface area contributed by atoms with Crippen LogP contribution in [0, 0.1) is 11.8 Å². The van der Waals surface area contributed by atoms with E-state index in [-0.39, 0.29) is 24.2 Å². The van der Waals surface area contributed by atoms with Crippen molar-refractivity contribution < 1.29 is 42.7 Å². The highest BCUT2D eigenvalue weighted by molar-refractivity contribution is 5.84. The van der Waals surface area contributed by atoms with Gasteiger partial charge in [0.25, 0.3) is 5.79 Å². The molecule has 0 radical (unpaired) electrons. The van der Waals surface area contributed by atoms with Crippen LogP contribution in [0.5, 0.6) is 5.75 Å². The molecule has 3 unspecified atom stereocenters. The fourth-order valence-electron chi connectivity index (χ4n) is 6.47. The Bertz CT molecular complexity index is 1180. The number of rotatable bonds is 19. The average molecular weight is 669 g/mol. The van der Waals surface area contributed by atoms with Crippen molar-refractivity contribution in [2.75, 3.05) is 26.9 Å². The Balaban J connectivity index is 1.84. The van der Waals surface area contributed by atoms with E-state index in [2.05, 4.69) is 31.7 Å². The van der Waals surface area contributed by atoms with Crippen LogP contribution in [0.25, 0.3) is 0 Å². The molecule has 0 spiro atoms. The van der Waals surface area contributed by atoms with E-state index in [4.69, 9.17) is 33.2 Å². The maximum absolute atomic E-state index is 14.3. The predicted molar refractivity (Wildman–Crippen MR) is 182 cm³/mol. The number of hydrogen-bond acceptors (Lipinski definition) is 9. The molecule has 5 atom stereocenters. The second-order valence-corrected chi connectivity index (χ2v) is 12.8. The van der Waals surface area contributed by atoms with Gasteiger partial charge in [-0.1, -0.05) is 63.5 Å². The Hall–Kier alpha value is -2.78. The molecular formula is C39H56O9. The van der Waals surface area contributed by atoms with E-state index in [9.17, 15) is 9.59 Å². The molecule has 0 bridgehead atoms. The van der Waals surface area contributed by atoms with Gasteiger partial charge in [-0.3, -0.25) is 4.79 Å². The first-order valence-electron chi connectivity index (χ1n) is 18.1. The number of unbranched alkanes of at least 4 members (excludes halogenated alkanes) is 3. The molecule has 266 valence electrons. The van der Waals surface area contributed by atoms with Gasteiger partial charge in [-0.05, 0) is 88.3 Å². The SMILES string of the molecule is CC/C=C/[C@H]1CCC(=O)[C@@H]1CC=C=CC([16O]C1CCCCO1)([16O]C1CCCCO1)C(OCCCCCC)(Oc1ccccc1)C(=O)OC. The van der Waals surface area contributed by atoms with Gasteiger partial charge in [-0.2, -0.15) is 0 Å². The first kappa shape index (κ1) is 38.0. The van der Waals surface area contributed by atoms with Crippen LogP contribution in [0.1, 0.15) is 104 Å². The number of para-hydroxylation sites is 1. The maximum atomic E-state index is 14.3. The first-order valence-corrected chi connectivity index (χ1v) is 18.1. The summed E-state index contributed by atoms with van der Waals surface area (Å²) in [5, 5.41) is 0. The van der Waals surface area contributed by atoms with Crippen LogP contribution >= 0.6 is 0 Å². The Morgan fingerprint density at radius 2 is 1.67 bits per heavy atom. The van der Waals surface area contributed by atoms with Crippen molar-refractivity contribution in [2.24, 2.45) is 11.8 Å². The van der Waals surface area contributed by atoms with E-state index in [0.717, 1.165) is 57.8 Å². The smallest absolute Gasteiger partial charge is 0.386 e. The van der Waals surface area contributed by atoms with Crippen LogP contribution in [0.15, 0.2) is 60.4 Å². The third-order valence-electron chi connectivity index (χ3n) is 9.15. The van der Waals surface area contributed by atoms with E-state index >= 15 is 0 Å². The standard InChI is InChI=1S/C39H56O9/c1-4-6-8-16-30-45-39(37(41)42-3,46-32-20-10-9-11-21-32)38(47-35-23-13-17-28-43-35,48-36-24-14-18-29-44-36)27-15-12-22-33-31(19-7-5-2)25-26-34(33)40/h7,9-12,19-21,27,31,33,35-36H,4-6,8,13-14,16-18,22-26,28-30H2,1-3H3/b19-7+/t15?,31-,33+,35?,36?,38?,39?/m0/s1/i47+0,48+0. The lowest BCUT2D eigenvalue weighted by atomic mass is 9.91. The number of ether oxygens (including phenoxy) is 7. The van der Waals surface area contributed by atoms with Gasteiger partial charge in [0, 0.05) is 31.6 Å². The highest BCUT2D eigenvalue weighted by Crippen LogP contribution is 2.41. The largest absolute Gasteiger partial charge is 0.464 e. The fourth-order valence-corrected chi connectivity index (χ4v) is 6.47. The molecule has 4 rings (SSSR count). The van der Waals surface area contributed by atoms with Gasteiger partial charge >= 0.3 is 11.8 Å². The highest BCUT2D eigenvalue weighted by atomic mass is 16.9. The van der Waals surface area contributed by atoms with Crippen LogP contribution in [0.2, 0.25) is 0 Å². The molecule has 3 aliphatic rings. The number of benzene rings is 1. The third-order valence-corrected chi connectivity index (χ3v) is 9.15. The molecule has 1 aromatic rings. The summed E-state index contributed by atoms with van der Waals surface area (Å²) in [7, 11) is 1.29. The van der Waals surface area contributed by atoms with Crippen molar-refractivity contribution in [1.82, 2.24) is 0 Å². The summed E-state index contributed by atoms with van der Waals surface area (Å²) in [4.78, 5) is 27.2. The number of hydrogen-bond donors (Lipinski definition) is 0.